The van der Waals surface area contributed by atoms with Crippen molar-refractivity contribution in [2.24, 2.45) is 0 Å². The van der Waals surface area contributed by atoms with E-state index in [0.29, 0.717) is 6.04 Å². The summed E-state index contributed by atoms with van der Waals surface area (Å²) < 4.78 is 15.8. The molecule has 2 heterocycles. The molecule has 6 nitrogen and oxygen atoms in total. The summed E-state index contributed by atoms with van der Waals surface area (Å²) >= 11 is 0. The summed E-state index contributed by atoms with van der Waals surface area (Å²) in [7, 11) is 3.22. The molecule has 0 aliphatic carbocycles. The average molecular weight is 348 g/mol. The van der Waals surface area contributed by atoms with Crippen molar-refractivity contribution in [2.75, 3.05) is 47.1 Å². The van der Waals surface area contributed by atoms with Crippen LogP contribution in [0.4, 0.5) is 0 Å². The summed E-state index contributed by atoms with van der Waals surface area (Å²) in [5.74, 6) is 1.04. The Hall–Kier alpha value is -1.63. The Labute approximate surface area is 149 Å². The topological polar surface area (TPSA) is 60.0 Å². The van der Waals surface area contributed by atoms with Crippen LogP contribution in [0.2, 0.25) is 0 Å². The van der Waals surface area contributed by atoms with E-state index in [4.69, 9.17) is 14.2 Å². The third kappa shape index (κ3) is 4.51. The number of amides is 1. The van der Waals surface area contributed by atoms with E-state index in [9.17, 15) is 4.79 Å². The average Bonchev–Trinajstić information content (AvgIpc) is 3.06. The fourth-order valence-electron chi connectivity index (χ4n) is 3.92. The van der Waals surface area contributed by atoms with Gasteiger partial charge in [0.25, 0.3) is 0 Å². The van der Waals surface area contributed by atoms with E-state index < -0.39 is 0 Å². The Bertz CT molecular complexity index is 574. The first-order chi connectivity index (χ1) is 12.2. The van der Waals surface area contributed by atoms with E-state index in [1.54, 1.807) is 14.2 Å². The third-order valence-corrected chi connectivity index (χ3v) is 5.20. The second-order valence-electron chi connectivity index (χ2n) is 6.79. The number of hydrogen-bond donors (Lipinski definition) is 1. The van der Waals surface area contributed by atoms with E-state index >= 15 is 0 Å². The number of hydrogen-bond acceptors (Lipinski definition) is 5. The number of carbonyl (C=O) groups is 1. The van der Waals surface area contributed by atoms with Gasteiger partial charge in [0.15, 0.2) is 0 Å². The molecule has 0 saturated carbocycles. The number of methoxy groups -OCH3 is 2. The van der Waals surface area contributed by atoms with E-state index in [1.165, 1.54) is 5.56 Å². The van der Waals surface area contributed by atoms with Crippen molar-refractivity contribution in [3.63, 3.8) is 0 Å². The van der Waals surface area contributed by atoms with Crippen molar-refractivity contribution in [3.8, 4) is 5.75 Å². The molecule has 25 heavy (non-hydrogen) atoms. The van der Waals surface area contributed by atoms with Crippen LogP contribution in [0.3, 0.4) is 0 Å². The molecular formula is C19H28N2O4. The Morgan fingerprint density at radius 3 is 2.80 bits per heavy atom. The number of rotatable bonds is 6. The van der Waals surface area contributed by atoms with Gasteiger partial charge < -0.3 is 19.5 Å². The molecule has 2 saturated heterocycles. The molecule has 2 aliphatic rings. The van der Waals surface area contributed by atoms with Crippen molar-refractivity contribution >= 4 is 5.91 Å². The van der Waals surface area contributed by atoms with Crippen LogP contribution in [0.5, 0.6) is 5.75 Å². The second-order valence-corrected chi connectivity index (χ2v) is 6.79. The molecule has 1 aromatic rings. The van der Waals surface area contributed by atoms with Gasteiger partial charge in [-0.15, -0.1) is 0 Å². The molecule has 1 amide bonds. The molecule has 3 rings (SSSR count). The smallest absolute Gasteiger partial charge is 0.246 e. The summed E-state index contributed by atoms with van der Waals surface area (Å²) in [6.45, 7) is 3.55. The number of ether oxygens (including phenoxy) is 3. The Balaban J connectivity index is 1.76. The molecule has 2 atom stereocenters. The quantitative estimate of drug-likeness (QED) is 0.842. The highest BCUT2D eigenvalue weighted by atomic mass is 16.5. The van der Waals surface area contributed by atoms with Crippen molar-refractivity contribution in [1.82, 2.24) is 10.2 Å². The van der Waals surface area contributed by atoms with Crippen LogP contribution < -0.4 is 10.1 Å². The van der Waals surface area contributed by atoms with Gasteiger partial charge in [0.2, 0.25) is 5.91 Å². The first-order valence-electron chi connectivity index (χ1n) is 8.95. The highest BCUT2D eigenvalue weighted by molar-refractivity contribution is 5.77. The molecule has 0 spiro atoms. The molecule has 6 heteroatoms. The molecule has 0 unspecified atom stereocenters. The minimum atomic E-state index is -0.0609. The molecule has 0 radical (unpaired) electrons. The Kier molecular flexibility index (Phi) is 6.29. The van der Waals surface area contributed by atoms with Crippen molar-refractivity contribution < 1.29 is 19.0 Å². The summed E-state index contributed by atoms with van der Waals surface area (Å²) in [6.07, 6.45) is 2.12. The van der Waals surface area contributed by atoms with Gasteiger partial charge in [-0.1, -0.05) is 12.1 Å². The van der Waals surface area contributed by atoms with Gasteiger partial charge in [0.05, 0.1) is 7.11 Å². The van der Waals surface area contributed by atoms with E-state index in [2.05, 4.69) is 22.3 Å². The number of nitrogens with one attached hydrogen (secondary N) is 1. The van der Waals surface area contributed by atoms with Crippen molar-refractivity contribution in [3.05, 3.63) is 29.8 Å². The predicted molar refractivity (Wildman–Crippen MR) is 95.0 cm³/mol. The maximum Gasteiger partial charge on any atom is 0.246 e. The largest absolute Gasteiger partial charge is 0.497 e. The summed E-state index contributed by atoms with van der Waals surface area (Å²) in [6, 6.07) is 8.78. The normalized spacial score (nSPS) is 25.0. The van der Waals surface area contributed by atoms with Crippen LogP contribution in [0.1, 0.15) is 24.3 Å². The highest BCUT2D eigenvalue weighted by Gasteiger charge is 2.38. The van der Waals surface area contributed by atoms with Gasteiger partial charge in [-0.25, -0.2) is 0 Å². The van der Waals surface area contributed by atoms with Gasteiger partial charge in [-0.2, -0.15) is 0 Å². The van der Waals surface area contributed by atoms with E-state index in [-0.39, 0.29) is 24.5 Å². The molecule has 138 valence electrons. The molecule has 0 aromatic heterocycles. The maximum atomic E-state index is 12.1. The second kappa shape index (κ2) is 8.65. The Morgan fingerprint density at radius 1 is 1.28 bits per heavy atom. The molecule has 0 bridgehead atoms. The number of carbonyl (C=O) groups excluding carboxylic acids is 1. The molecule has 2 fully saturated rings. The zero-order valence-electron chi connectivity index (χ0n) is 15.1. The van der Waals surface area contributed by atoms with Crippen LogP contribution in [-0.2, 0) is 14.3 Å². The summed E-state index contributed by atoms with van der Waals surface area (Å²) in [5, 5.41) is 3.16. The summed E-state index contributed by atoms with van der Waals surface area (Å²) in [4.78, 5) is 14.6. The zero-order valence-corrected chi connectivity index (χ0v) is 15.1. The molecule has 1 N–H and O–H groups in total. The van der Waals surface area contributed by atoms with Crippen molar-refractivity contribution in [2.45, 2.75) is 30.8 Å². The van der Waals surface area contributed by atoms with Crippen LogP contribution in [0.15, 0.2) is 24.3 Å². The Morgan fingerprint density at radius 2 is 2.08 bits per heavy atom. The lowest BCUT2D eigenvalue weighted by atomic mass is 9.94. The van der Waals surface area contributed by atoms with E-state index in [0.717, 1.165) is 44.9 Å². The first kappa shape index (κ1) is 18.2. The third-order valence-electron chi connectivity index (χ3n) is 5.20. The fraction of sp³-hybridized carbons (Fsp3) is 0.632. The van der Waals surface area contributed by atoms with Gasteiger partial charge >= 0.3 is 0 Å². The lowest BCUT2D eigenvalue weighted by Crippen LogP contribution is -2.43. The fourth-order valence-corrected chi connectivity index (χ4v) is 3.92. The maximum absolute atomic E-state index is 12.1. The van der Waals surface area contributed by atoms with Gasteiger partial charge in [0, 0.05) is 51.4 Å². The minimum Gasteiger partial charge on any atom is -0.497 e. The van der Waals surface area contributed by atoms with Crippen LogP contribution in [0, 0.1) is 0 Å². The first-order valence-corrected chi connectivity index (χ1v) is 8.95. The number of benzene rings is 1. The van der Waals surface area contributed by atoms with Gasteiger partial charge in [0.1, 0.15) is 12.4 Å². The number of nitrogens with zero attached hydrogens (tertiary/aromatic N) is 1. The standard InChI is InChI=1S/C19H28N2O4/c1-23-13-19(22)20-18-12-21(15-6-8-25-9-7-15)11-17(18)14-4-3-5-16(10-14)24-2/h3-5,10,15,17-18H,6-9,11-13H2,1-2H3,(H,20,22)/t17-,18+/m1/s1. The lowest BCUT2D eigenvalue weighted by molar-refractivity contribution is -0.125. The van der Waals surface area contributed by atoms with Gasteiger partial charge in [-0.05, 0) is 30.5 Å². The van der Waals surface area contributed by atoms with Gasteiger partial charge in [-0.3, -0.25) is 9.69 Å². The van der Waals surface area contributed by atoms with Crippen molar-refractivity contribution in [1.29, 1.82) is 0 Å². The molecular weight excluding hydrogens is 320 g/mol. The monoisotopic (exact) mass is 348 g/mol. The zero-order chi connectivity index (χ0) is 17.6. The van der Waals surface area contributed by atoms with Crippen LogP contribution >= 0.6 is 0 Å². The van der Waals surface area contributed by atoms with E-state index in [1.807, 2.05) is 12.1 Å². The van der Waals surface area contributed by atoms with Crippen LogP contribution in [-0.4, -0.2) is 70.0 Å². The molecule has 1 aromatic carbocycles. The summed E-state index contributed by atoms with van der Waals surface area (Å²) in [5.41, 5.74) is 1.21. The van der Waals surface area contributed by atoms with Crippen LogP contribution in [0.25, 0.3) is 0 Å². The predicted octanol–water partition coefficient (Wildman–Crippen LogP) is 1.40. The lowest BCUT2D eigenvalue weighted by Gasteiger charge is -2.31. The number of likely N-dealkylation sites (tertiary alicyclic amines) is 1. The highest BCUT2D eigenvalue weighted by Crippen LogP contribution is 2.32. The molecule has 2 aliphatic heterocycles. The minimum absolute atomic E-state index is 0.0609. The SMILES string of the molecule is COCC(=O)N[C@H]1CN(C2CCOCC2)C[C@@H]1c1cccc(OC)c1.